The molecule has 36 heavy (non-hydrogen) atoms. The first-order valence-corrected chi connectivity index (χ1v) is 11.8. The topological polar surface area (TPSA) is 72.8 Å². The van der Waals surface area contributed by atoms with Gasteiger partial charge in [-0.2, -0.15) is 5.26 Å². The van der Waals surface area contributed by atoms with Crippen molar-refractivity contribution in [2.45, 2.75) is 12.7 Å². The van der Waals surface area contributed by atoms with Gasteiger partial charge in [0.2, 0.25) is 0 Å². The third-order valence-electron chi connectivity index (χ3n) is 6.33. The summed E-state index contributed by atoms with van der Waals surface area (Å²) >= 11 is 6.24. The van der Waals surface area contributed by atoms with Crippen LogP contribution >= 0.6 is 11.6 Å². The molecule has 0 aliphatic rings. The van der Waals surface area contributed by atoms with E-state index < -0.39 is 0 Å². The van der Waals surface area contributed by atoms with E-state index in [2.05, 4.69) is 17.1 Å². The van der Waals surface area contributed by atoms with E-state index in [0.717, 1.165) is 38.9 Å². The fourth-order valence-electron chi connectivity index (χ4n) is 4.38. The zero-order valence-electron chi connectivity index (χ0n) is 19.9. The van der Waals surface area contributed by atoms with Crippen molar-refractivity contribution in [1.29, 1.82) is 5.26 Å². The summed E-state index contributed by atoms with van der Waals surface area (Å²) in [6, 6.07) is 24.7. The molecule has 0 radical (unpaired) electrons. The highest BCUT2D eigenvalue weighted by Crippen LogP contribution is 2.31. The molecule has 1 atom stereocenters. The van der Waals surface area contributed by atoms with Crippen LogP contribution in [0, 0.1) is 11.3 Å². The number of ether oxygens (including phenoxy) is 1. The molecular formula is C29H23ClN4O2. The first-order chi connectivity index (χ1) is 17.4. The lowest BCUT2D eigenvalue weighted by Gasteiger charge is -2.20. The molecular weight excluding hydrogens is 472 g/mol. The Morgan fingerprint density at radius 2 is 1.86 bits per heavy atom. The van der Waals surface area contributed by atoms with Gasteiger partial charge in [0.25, 0.3) is 5.56 Å². The van der Waals surface area contributed by atoms with Crippen LogP contribution in [0.1, 0.15) is 28.5 Å². The Balaban J connectivity index is 1.53. The van der Waals surface area contributed by atoms with Crippen molar-refractivity contribution >= 4 is 22.5 Å². The van der Waals surface area contributed by atoms with Crippen molar-refractivity contribution < 1.29 is 4.74 Å². The number of benzene rings is 3. The minimum atomic E-state index is -0.367. The normalized spacial score (nSPS) is 11.9. The van der Waals surface area contributed by atoms with E-state index in [9.17, 15) is 4.79 Å². The Kier molecular flexibility index (Phi) is 6.43. The van der Waals surface area contributed by atoms with Gasteiger partial charge in [-0.05, 0) is 58.7 Å². The largest absolute Gasteiger partial charge is 0.363 e. The summed E-state index contributed by atoms with van der Waals surface area (Å²) in [5.74, 6) is 0. The smallest absolute Gasteiger partial charge is 0.251 e. The van der Waals surface area contributed by atoms with Gasteiger partial charge in [-0.25, -0.2) is 4.98 Å². The van der Waals surface area contributed by atoms with E-state index in [1.54, 1.807) is 42.3 Å². The fourth-order valence-corrected chi connectivity index (χ4v) is 4.57. The predicted octanol–water partition coefficient (Wildman–Crippen LogP) is 5.77. The molecule has 0 aliphatic heterocycles. The Hall–Kier alpha value is -4.18. The highest BCUT2D eigenvalue weighted by molar-refractivity contribution is 6.30. The number of hydrogen-bond acceptors (Lipinski definition) is 4. The molecule has 0 fully saturated rings. The van der Waals surface area contributed by atoms with Gasteiger partial charge in [0.1, 0.15) is 6.10 Å². The van der Waals surface area contributed by atoms with Crippen LogP contribution in [0.5, 0.6) is 0 Å². The van der Waals surface area contributed by atoms with E-state index in [0.29, 0.717) is 17.2 Å². The molecule has 0 aliphatic carbocycles. The molecule has 5 aromatic rings. The molecule has 0 bridgehead atoms. The standard InChI is InChI=1S/C29H23ClN4O2/c1-33-18-32-16-27(33)29(21-9-6-19(15-31)7-10-21)36-17-20-8-11-26-25(12-20)24(14-28(35)34(26)2)22-4-3-5-23(30)13-22/h3-14,16,18,29H,17H2,1-2H3. The monoisotopic (exact) mass is 494 g/mol. The second kappa shape index (κ2) is 9.82. The molecule has 0 N–H and O–H groups in total. The number of hydrogen-bond donors (Lipinski definition) is 0. The Morgan fingerprint density at radius 1 is 1.06 bits per heavy atom. The summed E-state index contributed by atoms with van der Waals surface area (Å²) in [5, 5.41) is 10.7. The summed E-state index contributed by atoms with van der Waals surface area (Å²) in [4.78, 5) is 16.9. The average Bonchev–Trinajstić information content (AvgIpc) is 3.32. The van der Waals surface area contributed by atoms with Crippen LogP contribution in [-0.4, -0.2) is 14.1 Å². The van der Waals surface area contributed by atoms with Crippen molar-refractivity contribution in [1.82, 2.24) is 14.1 Å². The molecule has 1 unspecified atom stereocenters. The molecule has 7 heteroatoms. The second-order valence-corrected chi connectivity index (χ2v) is 9.11. The first-order valence-electron chi connectivity index (χ1n) is 11.4. The highest BCUT2D eigenvalue weighted by atomic mass is 35.5. The maximum absolute atomic E-state index is 12.7. The fraction of sp³-hybridized carbons (Fsp3) is 0.138. The van der Waals surface area contributed by atoms with Gasteiger partial charge in [-0.15, -0.1) is 0 Å². The number of imidazole rings is 1. The van der Waals surface area contributed by atoms with Gasteiger partial charge < -0.3 is 13.9 Å². The number of rotatable bonds is 6. The SMILES string of the molecule is Cn1cncc1C(OCc1ccc2c(c1)c(-c1cccc(Cl)c1)cc(=O)n2C)c1ccc(C#N)cc1. The van der Waals surface area contributed by atoms with Gasteiger partial charge in [-0.1, -0.05) is 41.9 Å². The predicted molar refractivity (Wildman–Crippen MR) is 141 cm³/mol. The van der Waals surface area contributed by atoms with Crippen LogP contribution < -0.4 is 5.56 Å². The number of pyridine rings is 1. The van der Waals surface area contributed by atoms with Crippen LogP contribution in [0.2, 0.25) is 5.02 Å². The van der Waals surface area contributed by atoms with Gasteiger partial charge in [0.15, 0.2) is 0 Å². The van der Waals surface area contributed by atoms with Crippen LogP contribution in [0.25, 0.3) is 22.0 Å². The zero-order chi connectivity index (χ0) is 25.2. The number of nitrogens with zero attached hydrogens (tertiary/aromatic N) is 4. The zero-order valence-corrected chi connectivity index (χ0v) is 20.6. The molecule has 5 rings (SSSR count). The first kappa shape index (κ1) is 23.6. The third-order valence-corrected chi connectivity index (χ3v) is 6.56. The number of nitriles is 1. The summed E-state index contributed by atoms with van der Waals surface area (Å²) in [6.07, 6.45) is 3.16. The summed E-state index contributed by atoms with van der Waals surface area (Å²) in [5.41, 5.74) is 5.85. The molecule has 2 heterocycles. The lowest BCUT2D eigenvalue weighted by atomic mass is 9.99. The van der Waals surface area contributed by atoms with Crippen LogP contribution in [0.3, 0.4) is 0 Å². The third kappa shape index (κ3) is 4.55. The van der Waals surface area contributed by atoms with Crippen molar-refractivity contribution in [3.05, 3.63) is 123 Å². The average molecular weight is 495 g/mol. The molecule has 6 nitrogen and oxygen atoms in total. The van der Waals surface area contributed by atoms with Crippen LogP contribution in [0.4, 0.5) is 0 Å². The molecule has 3 aromatic carbocycles. The van der Waals surface area contributed by atoms with Crippen molar-refractivity contribution in [2.24, 2.45) is 14.1 Å². The summed E-state index contributed by atoms with van der Waals surface area (Å²) < 4.78 is 10.0. The van der Waals surface area contributed by atoms with Gasteiger partial charge in [0, 0.05) is 30.6 Å². The van der Waals surface area contributed by atoms with Crippen LogP contribution in [-0.2, 0) is 25.4 Å². The van der Waals surface area contributed by atoms with Crippen molar-refractivity contribution in [3.63, 3.8) is 0 Å². The Morgan fingerprint density at radius 3 is 2.56 bits per heavy atom. The Labute approximate surface area is 213 Å². The summed E-state index contributed by atoms with van der Waals surface area (Å²) in [7, 11) is 3.70. The Bertz CT molecular complexity index is 1660. The van der Waals surface area contributed by atoms with E-state index >= 15 is 0 Å². The second-order valence-electron chi connectivity index (χ2n) is 8.67. The maximum atomic E-state index is 12.7. The molecule has 178 valence electrons. The lowest BCUT2D eigenvalue weighted by molar-refractivity contribution is 0.0622. The maximum Gasteiger partial charge on any atom is 0.251 e. The molecule has 0 spiro atoms. The van der Waals surface area contributed by atoms with E-state index in [1.165, 1.54) is 0 Å². The molecule has 0 amide bonds. The quantitative estimate of drug-likeness (QED) is 0.300. The van der Waals surface area contributed by atoms with E-state index in [-0.39, 0.29) is 11.7 Å². The van der Waals surface area contributed by atoms with E-state index in [4.69, 9.17) is 21.6 Å². The van der Waals surface area contributed by atoms with Crippen LogP contribution in [0.15, 0.2) is 90.1 Å². The van der Waals surface area contributed by atoms with Gasteiger partial charge in [-0.3, -0.25) is 4.79 Å². The minimum Gasteiger partial charge on any atom is -0.363 e. The number of aromatic nitrogens is 3. The molecule has 0 saturated carbocycles. The highest BCUT2D eigenvalue weighted by Gasteiger charge is 2.19. The number of fused-ring (bicyclic) bond motifs is 1. The number of aryl methyl sites for hydroxylation is 2. The minimum absolute atomic E-state index is 0.0847. The van der Waals surface area contributed by atoms with E-state index in [1.807, 2.05) is 60.1 Å². The molecule has 2 aromatic heterocycles. The number of halogens is 1. The van der Waals surface area contributed by atoms with Crippen molar-refractivity contribution in [3.8, 4) is 17.2 Å². The van der Waals surface area contributed by atoms with Gasteiger partial charge in [0.05, 0.1) is 42.0 Å². The molecule has 0 saturated heterocycles. The van der Waals surface area contributed by atoms with Gasteiger partial charge >= 0.3 is 0 Å². The summed E-state index contributed by atoms with van der Waals surface area (Å²) in [6.45, 7) is 0.337. The van der Waals surface area contributed by atoms with Crippen molar-refractivity contribution in [2.75, 3.05) is 0 Å². The lowest BCUT2D eigenvalue weighted by Crippen LogP contribution is -2.16.